The number of furan rings is 1. The first-order valence-electron chi connectivity index (χ1n) is 9.79. The fourth-order valence-corrected chi connectivity index (χ4v) is 4.78. The Morgan fingerprint density at radius 1 is 1.09 bits per heavy atom. The topological polar surface area (TPSA) is 78.9 Å². The van der Waals surface area contributed by atoms with Gasteiger partial charge in [0.25, 0.3) is 5.56 Å². The molecule has 0 saturated carbocycles. The first-order valence-corrected chi connectivity index (χ1v) is 11.4. The molecule has 3 aromatic heterocycles. The van der Waals surface area contributed by atoms with Gasteiger partial charge in [0.2, 0.25) is 4.96 Å². The van der Waals surface area contributed by atoms with Crippen molar-refractivity contribution in [2.45, 2.75) is 6.10 Å². The van der Waals surface area contributed by atoms with Crippen molar-refractivity contribution < 1.29 is 13.9 Å². The number of halogens is 1. The van der Waals surface area contributed by atoms with E-state index in [2.05, 4.69) is 26.0 Å². The van der Waals surface area contributed by atoms with Crippen LogP contribution in [0.3, 0.4) is 0 Å². The second-order valence-corrected chi connectivity index (χ2v) is 9.08. The second-order valence-electron chi connectivity index (χ2n) is 7.16. The molecule has 4 heterocycles. The summed E-state index contributed by atoms with van der Waals surface area (Å²) in [5.74, 6) is 3.05. The molecule has 158 valence electrons. The minimum absolute atomic E-state index is 0.249. The van der Waals surface area contributed by atoms with Crippen molar-refractivity contribution in [2.75, 3.05) is 6.61 Å². The van der Waals surface area contributed by atoms with Crippen molar-refractivity contribution in [2.24, 2.45) is 0 Å². The summed E-state index contributed by atoms with van der Waals surface area (Å²) in [6.45, 7) is 0.285. The Hall–Kier alpha value is -3.43. The zero-order valence-corrected chi connectivity index (χ0v) is 18.8. The van der Waals surface area contributed by atoms with E-state index >= 15 is 0 Å². The molecule has 0 spiro atoms. The molecule has 1 atom stereocenters. The number of hydrogen-bond acceptors (Lipinski definition) is 7. The van der Waals surface area contributed by atoms with E-state index in [4.69, 9.17) is 13.9 Å². The average molecular weight is 508 g/mol. The van der Waals surface area contributed by atoms with Crippen LogP contribution in [0.5, 0.6) is 11.5 Å². The van der Waals surface area contributed by atoms with Gasteiger partial charge in [0, 0.05) is 16.1 Å². The third-order valence-corrected chi connectivity index (χ3v) is 6.46. The molecule has 9 heteroatoms. The zero-order chi connectivity index (χ0) is 21.7. The predicted molar refractivity (Wildman–Crippen MR) is 123 cm³/mol. The van der Waals surface area contributed by atoms with Crippen LogP contribution in [0.2, 0.25) is 0 Å². The third kappa shape index (κ3) is 3.39. The van der Waals surface area contributed by atoms with Crippen LogP contribution >= 0.6 is 27.3 Å². The van der Waals surface area contributed by atoms with Gasteiger partial charge in [0.1, 0.15) is 22.7 Å². The van der Waals surface area contributed by atoms with E-state index in [0.29, 0.717) is 32.6 Å². The molecule has 1 aliphatic heterocycles. The van der Waals surface area contributed by atoms with Crippen LogP contribution in [-0.2, 0) is 0 Å². The fraction of sp³-hybridized carbons (Fsp3) is 0.0870. The van der Waals surface area contributed by atoms with Gasteiger partial charge in [-0.15, -0.1) is 5.10 Å². The molecule has 0 bridgehead atoms. The van der Waals surface area contributed by atoms with Crippen LogP contribution in [0.25, 0.3) is 22.4 Å². The molecule has 5 aromatic rings. The van der Waals surface area contributed by atoms with E-state index in [1.807, 2.05) is 60.7 Å². The monoisotopic (exact) mass is 507 g/mol. The number of ether oxygens (including phenoxy) is 2. The summed E-state index contributed by atoms with van der Waals surface area (Å²) in [5.41, 5.74) is 0.700. The minimum Gasteiger partial charge on any atom is -0.485 e. The average Bonchev–Trinajstić information content (AvgIpc) is 3.51. The van der Waals surface area contributed by atoms with Crippen molar-refractivity contribution in [3.8, 4) is 22.8 Å². The third-order valence-electron chi connectivity index (χ3n) is 5.00. The minimum atomic E-state index is -0.471. The Balaban J connectivity index is 1.30. The lowest BCUT2D eigenvalue weighted by atomic mass is 10.2. The maximum atomic E-state index is 12.9. The van der Waals surface area contributed by atoms with Crippen molar-refractivity contribution >= 4 is 38.3 Å². The van der Waals surface area contributed by atoms with Gasteiger partial charge in [0.15, 0.2) is 23.4 Å². The van der Waals surface area contributed by atoms with Gasteiger partial charge in [-0.1, -0.05) is 51.5 Å². The number of aromatic nitrogens is 3. The van der Waals surface area contributed by atoms with Gasteiger partial charge in [-0.05, 0) is 36.4 Å². The summed E-state index contributed by atoms with van der Waals surface area (Å²) in [4.78, 5) is 17.9. The maximum Gasteiger partial charge on any atom is 0.291 e. The molecule has 32 heavy (non-hydrogen) atoms. The molecule has 0 saturated heterocycles. The lowest BCUT2D eigenvalue weighted by molar-refractivity contribution is 0.0852. The number of thiazole rings is 1. The Kier molecular flexibility index (Phi) is 4.58. The van der Waals surface area contributed by atoms with Gasteiger partial charge < -0.3 is 13.9 Å². The zero-order valence-electron chi connectivity index (χ0n) is 16.4. The van der Waals surface area contributed by atoms with Gasteiger partial charge in [-0.25, -0.2) is 0 Å². The molecule has 0 unspecified atom stereocenters. The molecule has 0 aliphatic carbocycles. The smallest absolute Gasteiger partial charge is 0.291 e. The lowest BCUT2D eigenvalue weighted by Gasteiger charge is -2.24. The SMILES string of the molecule is O=c1/c(=C/c2ccc(-c3cccc(Br)c3)o2)sc2nc([C@@H]3COc4ccccc4O3)nn12. The van der Waals surface area contributed by atoms with Gasteiger partial charge in [-0.2, -0.15) is 9.50 Å². The maximum absolute atomic E-state index is 12.9. The van der Waals surface area contributed by atoms with Crippen LogP contribution in [0, 0.1) is 0 Å². The molecule has 1 aliphatic rings. The Labute approximate surface area is 193 Å². The summed E-state index contributed by atoms with van der Waals surface area (Å²) in [5, 5.41) is 4.38. The summed E-state index contributed by atoms with van der Waals surface area (Å²) in [6, 6.07) is 19.0. The summed E-state index contributed by atoms with van der Waals surface area (Å²) in [6.07, 6.45) is 1.24. The van der Waals surface area contributed by atoms with Crippen LogP contribution in [0.4, 0.5) is 0 Å². The number of benzene rings is 2. The van der Waals surface area contributed by atoms with Crippen LogP contribution < -0.4 is 19.6 Å². The van der Waals surface area contributed by atoms with Crippen molar-refractivity contribution in [3.05, 3.63) is 91.6 Å². The van der Waals surface area contributed by atoms with E-state index in [1.54, 1.807) is 6.08 Å². The Morgan fingerprint density at radius 2 is 1.97 bits per heavy atom. The number of fused-ring (bicyclic) bond motifs is 2. The van der Waals surface area contributed by atoms with Crippen LogP contribution in [0.1, 0.15) is 17.7 Å². The van der Waals surface area contributed by atoms with Crippen LogP contribution in [-0.4, -0.2) is 21.2 Å². The Morgan fingerprint density at radius 3 is 2.81 bits per heavy atom. The van der Waals surface area contributed by atoms with E-state index in [0.717, 1.165) is 15.8 Å². The van der Waals surface area contributed by atoms with E-state index in [9.17, 15) is 4.79 Å². The highest BCUT2D eigenvalue weighted by Crippen LogP contribution is 2.35. The Bertz CT molecular complexity index is 1570. The van der Waals surface area contributed by atoms with Gasteiger partial charge >= 0.3 is 0 Å². The van der Waals surface area contributed by atoms with Crippen molar-refractivity contribution in [3.63, 3.8) is 0 Å². The molecule has 0 radical (unpaired) electrons. The highest BCUT2D eigenvalue weighted by molar-refractivity contribution is 9.10. The summed E-state index contributed by atoms with van der Waals surface area (Å²) < 4.78 is 20.4. The number of rotatable bonds is 3. The quantitative estimate of drug-likeness (QED) is 0.363. The van der Waals surface area contributed by atoms with Gasteiger partial charge in [0.05, 0.1) is 0 Å². The molecular formula is C23H14BrN3O4S. The number of hydrogen-bond donors (Lipinski definition) is 0. The molecule has 6 rings (SSSR count). The molecular weight excluding hydrogens is 494 g/mol. The largest absolute Gasteiger partial charge is 0.485 e. The van der Waals surface area contributed by atoms with Crippen molar-refractivity contribution in [1.29, 1.82) is 0 Å². The fourth-order valence-electron chi connectivity index (χ4n) is 3.49. The normalized spacial score (nSPS) is 16.0. The summed E-state index contributed by atoms with van der Waals surface area (Å²) in [7, 11) is 0. The first kappa shape index (κ1) is 19.3. The van der Waals surface area contributed by atoms with E-state index < -0.39 is 6.10 Å². The number of nitrogens with zero attached hydrogens (tertiary/aromatic N) is 3. The highest BCUT2D eigenvalue weighted by Gasteiger charge is 2.27. The van der Waals surface area contributed by atoms with Crippen LogP contribution in [0.15, 0.2) is 74.3 Å². The summed E-state index contributed by atoms with van der Waals surface area (Å²) >= 11 is 4.72. The van der Waals surface area contributed by atoms with Gasteiger partial charge in [-0.3, -0.25) is 4.79 Å². The predicted octanol–water partition coefficient (Wildman–Crippen LogP) is 4.23. The highest BCUT2D eigenvalue weighted by atomic mass is 79.9. The van der Waals surface area contributed by atoms with E-state index in [-0.39, 0.29) is 12.2 Å². The van der Waals surface area contributed by atoms with E-state index in [1.165, 1.54) is 15.9 Å². The molecule has 0 fully saturated rings. The number of para-hydroxylation sites is 2. The lowest BCUT2D eigenvalue weighted by Crippen LogP contribution is -2.26. The second kappa shape index (κ2) is 7.61. The molecule has 0 N–H and O–H groups in total. The molecule has 0 amide bonds. The van der Waals surface area contributed by atoms with Crippen molar-refractivity contribution in [1.82, 2.24) is 14.6 Å². The first-order chi connectivity index (χ1) is 15.6. The molecule has 2 aromatic carbocycles. The molecule has 7 nitrogen and oxygen atoms in total. The standard InChI is InChI=1S/C23H14BrN3O4S/c24-14-5-3-4-13(10-14)16-9-8-15(30-16)11-20-22(28)27-23(32-20)25-21(26-27)19-12-29-17-6-1-2-7-18(17)31-19/h1-11,19H,12H2/b20-11-/t19-/m0/s1.